The highest BCUT2D eigenvalue weighted by molar-refractivity contribution is 5.96. The minimum absolute atomic E-state index is 0.0620. The van der Waals surface area contributed by atoms with Crippen molar-refractivity contribution in [2.75, 3.05) is 26.2 Å². The molecule has 6 rings (SSSR count). The smallest absolute Gasteiger partial charge is 0.308 e. The molecule has 0 aromatic heterocycles. The van der Waals surface area contributed by atoms with Gasteiger partial charge in [-0.2, -0.15) is 0 Å². The number of rotatable bonds is 8. The Bertz CT molecular complexity index is 1150. The number of nitrogens with one attached hydrogen (secondary N) is 1. The van der Waals surface area contributed by atoms with Crippen LogP contribution in [0.5, 0.6) is 0 Å². The first kappa shape index (κ1) is 29.9. The van der Waals surface area contributed by atoms with E-state index in [1.807, 2.05) is 6.92 Å². The third-order valence-electron chi connectivity index (χ3n) is 11.2. The van der Waals surface area contributed by atoms with Gasteiger partial charge in [-0.3, -0.25) is 9.59 Å². The minimum Gasteiger partial charge on any atom is -0.481 e. The third kappa shape index (κ3) is 6.37. The van der Waals surface area contributed by atoms with Gasteiger partial charge in [0.25, 0.3) is 5.91 Å². The molecule has 0 aromatic rings. The SMILES string of the molecule is CC(C)CC1=C(C2=CC[C@H](F)CC2)[C@@H](C2CC2)C[C@@H](CN2CCC(N3CCC4=C(C[C@H](C(=O)O)[C@H](C)N4)C3=O)CC2)C1. The zero-order chi connectivity index (χ0) is 29.5. The van der Waals surface area contributed by atoms with Gasteiger partial charge in [0.05, 0.1) is 5.92 Å². The summed E-state index contributed by atoms with van der Waals surface area (Å²) in [5, 5.41) is 13.0. The third-order valence-corrected chi connectivity index (χ3v) is 11.2. The number of carbonyl (C=O) groups is 2. The summed E-state index contributed by atoms with van der Waals surface area (Å²) in [6.07, 6.45) is 13.3. The lowest BCUT2D eigenvalue weighted by Crippen LogP contribution is -2.53. The van der Waals surface area contributed by atoms with E-state index in [1.54, 1.807) is 11.1 Å². The first-order valence-electron chi connectivity index (χ1n) is 17.0. The molecule has 1 saturated heterocycles. The molecule has 2 fully saturated rings. The van der Waals surface area contributed by atoms with Crippen molar-refractivity contribution in [2.24, 2.45) is 29.6 Å². The van der Waals surface area contributed by atoms with Crippen LogP contribution in [0.15, 0.2) is 34.1 Å². The Hall–Kier alpha value is -2.15. The van der Waals surface area contributed by atoms with Gasteiger partial charge < -0.3 is 20.2 Å². The zero-order valence-corrected chi connectivity index (χ0v) is 26.0. The molecule has 3 heterocycles. The first-order valence-corrected chi connectivity index (χ1v) is 17.0. The fourth-order valence-electron chi connectivity index (χ4n) is 8.90. The molecule has 3 aliphatic heterocycles. The van der Waals surface area contributed by atoms with E-state index in [0.717, 1.165) is 63.5 Å². The molecular weight excluding hydrogens is 529 g/mol. The van der Waals surface area contributed by atoms with E-state index in [9.17, 15) is 19.1 Å². The van der Waals surface area contributed by atoms with Gasteiger partial charge >= 0.3 is 5.97 Å². The van der Waals surface area contributed by atoms with Crippen LogP contribution >= 0.6 is 0 Å². The second-order valence-corrected chi connectivity index (χ2v) is 14.8. The molecule has 1 amide bonds. The van der Waals surface area contributed by atoms with Gasteiger partial charge in [0, 0.05) is 56.0 Å². The van der Waals surface area contributed by atoms with Gasteiger partial charge in [0.15, 0.2) is 0 Å². The van der Waals surface area contributed by atoms with Crippen molar-refractivity contribution in [1.82, 2.24) is 15.1 Å². The van der Waals surface area contributed by atoms with E-state index in [1.165, 1.54) is 37.7 Å². The standard InChI is InChI=1S/C35H52FN3O3/c1-21(2)16-26-17-23(18-30(24-4-5-24)33(26)25-6-8-27(36)9-7-25)20-38-13-10-28(11-14-38)39-15-12-32-31(34(39)40)19-29(35(41)42)22(3)37-32/h6,21-24,27-30,37H,4-5,7-20H2,1-3H3,(H,41,42)/t22-,23-,27-,29-,30+/m0/s1. The number of likely N-dealkylation sites (tertiary alicyclic amines) is 1. The molecule has 5 atom stereocenters. The Morgan fingerprint density at radius 2 is 1.86 bits per heavy atom. The van der Waals surface area contributed by atoms with E-state index in [4.69, 9.17) is 0 Å². The Morgan fingerprint density at radius 1 is 1.10 bits per heavy atom. The van der Waals surface area contributed by atoms with Crippen molar-refractivity contribution >= 4 is 11.9 Å². The highest BCUT2D eigenvalue weighted by Crippen LogP contribution is 2.52. The summed E-state index contributed by atoms with van der Waals surface area (Å²) >= 11 is 0. The monoisotopic (exact) mass is 581 g/mol. The van der Waals surface area contributed by atoms with Crippen LogP contribution in [0.1, 0.15) is 97.8 Å². The van der Waals surface area contributed by atoms with Crippen LogP contribution in [0.3, 0.4) is 0 Å². The van der Waals surface area contributed by atoms with Crippen molar-refractivity contribution in [3.8, 4) is 0 Å². The van der Waals surface area contributed by atoms with Crippen molar-refractivity contribution < 1.29 is 19.1 Å². The van der Waals surface area contributed by atoms with Crippen LogP contribution in [0, 0.1) is 29.6 Å². The number of alkyl halides is 1. The molecule has 0 radical (unpaired) electrons. The molecular formula is C35H52FN3O3. The maximum absolute atomic E-state index is 14.0. The fraction of sp³-hybridized carbons (Fsp3) is 0.771. The van der Waals surface area contributed by atoms with Crippen molar-refractivity contribution in [3.63, 3.8) is 0 Å². The summed E-state index contributed by atoms with van der Waals surface area (Å²) in [6.45, 7) is 10.5. The average molecular weight is 582 g/mol. The van der Waals surface area contributed by atoms with Gasteiger partial charge in [0.1, 0.15) is 6.17 Å². The molecule has 6 nitrogen and oxygen atoms in total. The maximum atomic E-state index is 14.0. The van der Waals surface area contributed by atoms with Gasteiger partial charge in [-0.05, 0) is 112 Å². The highest BCUT2D eigenvalue weighted by Gasteiger charge is 2.43. The normalized spacial score (nSPS) is 33.5. The number of aliphatic carboxylic acids is 1. The average Bonchev–Trinajstić information content (AvgIpc) is 3.79. The highest BCUT2D eigenvalue weighted by atomic mass is 19.1. The molecule has 0 aromatic carbocycles. The largest absolute Gasteiger partial charge is 0.481 e. The number of allylic oxidation sites excluding steroid dienone is 4. The maximum Gasteiger partial charge on any atom is 0.308 e. The van der Waals surface area contributed by atoms with Gasteiger partial charge in [-0.15, -0.1) is 0 Å². The van der Waals surface area contributed by atoms with Crippen LogP contribution < -0.4 is 5.32 Å². The van der Waals surface area contributed by atoms with E-state index in [0.29, 0.717) is 42.6 Å². The van der Waals surface area contributed by atoms with Crippen LogP contribution in [0.25, 0.3) is 0 Å². The summed E-state index contributed by atoms with van der Waals surface area (Å²) in [5.74, 6) is 1.48. The summed E-state index contributed by atoms with van der Waals surface area (Å²) in [7, 11) is 0. The molecule has 1 saturated carbocycles. The number of carbonyl (C=O) groups excluding carboxylic acids is 1. The summed E-state index contributed by atoms with van der Waals surface area (Å²) in [5.41, 5.74) is 6.49. The molecule has 0 bridgehead atoms. The molecule has 0 spiro atoms. The summed E-state index contributed by atoms with van der Waals surface area (Å²) in [4.78, 5) is 30.0. The number of nitrogens with zero attached hydrogens (tertiary/aromatic N) is 2. The lowest BCUT2D eigenvalue weighted by Gasteiger charge is -2.44. The Morgan fingerprint density at radius 3 is 2.50 bits per heavy atom. The van der Waals surface area contributed by atoms with Crippen molar-refractivity contribution in [3.05, 3.63) is 34.1 Å². The van der Waals surface area contributed by atoms with Gasteiger partial charge in [-0.25, -0.2) is 4.39 Å². The lowest BCUT2D eigenvalue weighted by molar-refractivity contribution is -0.143. The predicted molar refractivity (Wildman–Crippen MR) is 163 cm³/mol. The zero-order valence-electron chi connectivity index (χ0n) is 26.0. The number of hydrogen-bond donors (Lipinski definition) is 2. The number of carboxylic acid groups (broad SMARTS) is 1. The second-order valence-electron chi connectivity index (χ2n) is 14.8. The summed E-state index contributed by atoms with van der Waals surface area (Å²) < 4.78 is 14.0. The van der Waals surface area contributed by atoms with E-state index in [2.05, 4.69) is 35.0 Å². The summed E-state index contributed by atoms with van der Waals surface area (Å²) in [6, 6.07) is 0.105. The molecule has 3 aliphatic carbocycles. The number of piperidine rings is 1. The van der Waals surface area contributed by atoms with Crippen molar-refractivity contribution in [2.45, 2.75) is 116 Å². The van der Waals surface area contributed by atoms with Gasteiger partial charge in [0.2, 0.25) is 0 Å². The van der Waals surface area contributed by atoms with Crippen molar-refractivity contribution in [1.29, 1.82) is 0 Å². The lowest BCUT2D eigenvalue weighted by atomic mass is 9.69. The quantitative estimate of drug-likeness (QED) is 0.355. The number of amides is 1. The molecule has 42 heavy (non-hydrogen) atoms. The molecule has 7 heteroatoms. The van der Waals surface area contributed by atoms with E-state index < -0.39 is 18.1 Å². The number of carboxylic acids is 1. The Balaban J connectivity index is 1.09. The van der Waals surface area contributed by atoms with E-state index in [-0.39, 0.29) is 18.0 Å². The second kappa shape index (κ2) is 12.5. The minimum atomic E-state index is -0.825. The van der Waals surface area contributed by atoms with Crippen LogP contribution in [0.4, 0.5) is 4.39 Å². The van der Waals surface area contributed by atoms with Crippen LogP contribution in [0.2, 0.25) is 0 Å². The van der Waals surface area contributed by atoms with Gasteiger partial charge in [-0.1, -0.05) is 25.5 Å². The van der Waals surface area contributed by atoms with Crippen LogP contribution in [-0.2, 0) is 9.59 Å². The van der Waals surface area contributed by atoms with E-state index >= 15 is 0 Å². The molecule has 2 N–H and O–H groups in total. The molecule has 0 unspecified atom stereocenters. The Labute approximate surface area is 251 Å². The topological polar surface area (TPSA) is 72.9 Å². The predicted octanol–water partition coefficient (Wildman–Crippen LogP) is 6.25. The van der Waals surface area contributed by atoms with Crippen LogP contribution in [-0.4, -0.2) is 71.2 Å². The number of halogens is 1. The Kier molecular flexibility index (Phi) is 8.87. The first-order chi connectivity index (χ1) is 20.2. The molecule has 6 aliphatic rings. The fourth-order valence-corrected chi connectivity index (χ4v) is 8.90. The molecule has 232 valence electrons. The number of hydrogen-bond acceptors (Lipinski definition) is 4.